The summed E-state index contributed by atoms with van der Waals surface area (Å²) in [6, 6.07) is 7.31. The SMILES string of the molecule is CCc1ccccc1C(=O)N[C@@](C)(C(=O)O)C1CC1. The number of amides is 1. The highest BCUT2D eigenvalue weighted by atomic mass is 16.4. The third-order valence-corrected chi connectivity index (χ3v) is 3.85. The van der Waals surface area contributed by atoms with Crippen LogP contribution in [0.1, 0.15) is 42.6 Å². The summed E-state index contributed by atoms with van der Waals surface area (Å²) in [6.45, 7) is 3.57. The van der Waals surface area contributed by atoms with E-state index in [1.54, 1.807) is 19.1 Å². The third-order valence-electron chi connectivity index (χ3n) is 3.85. The van der Waals surface area contributed by atoms with Crippen LogP contribution in [-0.2, 0) is 11.2 Å². The van der Waals surface area contributed by atoms with Crippen molar-refractivity contribution in [2.45, 2.75) is 38.6 Å². The summed E-state index contributed by atoms with van der Waals surface area (Å²) in [5.74, 6) is -1.21. The van der Waals surface area contributed by atoms with E-state index in [1.807, 2.05) is 19.1 Å². The molecule has 2 N–H and O–H groups in total. The number of nitrogens with one attached hydrogen (secondary N) is 1. The number of aryl methyl sites for hydroxylation is 1. The molecule has 1 fully saturated rings. The van der Waals surface area contributed by atoms with Crippen molar-refractivity contribution < 1.29 is 14.7 Å². The summed E-state index contributed by atoms with van der Waals surface area (Å²) in [7, 11) is 0. The molecule has 1 aromatic carbocycles. The second kappa shape index (κ2) is 5.03. The highest BCUT2D eigenvalue weighted by Gasteiger charge is 2.48. The summed E-state index contributed by atoms with van der Waals surface area (Å²) < 4.78 is 0. The van der Waals surface area contributed by atoms with Gasteiger partial charge in [0, 0.05) is 5.56 Å². The van der Waals surface area contributed by atoms with Gasteiger partial charge in [0.15, 0.2) is 0 Å². The van der Waals surface area contributed by atoms with E-state index in [9.17, 15) is 14.7 Å². The Balaban J connectivity index is 2.22. The number of hydrogen-bond acceptors (Lipinski definition) is 2. The predicted octanol–water partition coefficient (Wildman–Crippen LogP) is 2.23. The molecule has 0 radical (unpaired) electrons. The first kappa shape index (κ1) is 13.6. The van der Waals surface area contributed by atoms with Crippen molar-refractivity contribution in [1.29, 1.82) is 0 Å². The van der Waals surface area contributed by atoms with Crippen molar-refractivity contribution in [2.75, 3.05) is 0 Å². The number of carboxylic acids is 1. The molecule has 1 aliphatic carbocycles. The molecule has 1 aromatic rings. The molecule has 0 heterocycles. The van der Waals surface area contributed by atoms with Crippen LogP contribution >= 0.6 is 0 Å². The minimum absolute atomic E-state index is 0.0442. The van der Waals surface area contributed by atoms with E-state index < -0.39 is 11.5 Å². The molecule has 0 aliphatic heterocycles. The lowest BCUT2D eigenvalue weighted by Crippen LogP contribution is -2.54. The van der Waals surface area contributed by atoms with Crippen molar-refractivity contribution in [3.8, 4) is 0 Å². The van der Waals surface area contributed by atoms with Crippen LogP contribution < -0.4 is 5.32 Å². The summed E-state index contributed by atoms with van der Waals surface area (Å²) in [5, 5.41) is 12.1. The largest absolute Gasteiger partial charge is 0.480 e. The monoisotopic (exact) mass is 261 g/mol. The maximum absolute atomic E-state index is 12.3. The van der Waals surface area contributed by atoms with Gasteiger partial charge in [-0.3, -0.25) is 4.79 Å². The Morgan fingerprint density at radius 1 is 1.37 bits per heavy atom. The summed E-state index contributed by atoms with van der Waals surface area (Å²) in [4.78, 5) is 23.7. The smallest absolute Gasteiger partial charge is 0.329 e. The summed E-state index contributed by atoms with van der Waals surface area (Å²) >= 11 is 0. The van der Waals surface area contributed by atoms with Gasteiger partial charge in [0.2, 0.25) is 0 Å². The molecule has 0 saturated heterocycles. The van der Waals surface area contributed by atoms with E-state index in [-0.39, 0.29) is 11.8 Å². The quantitative estimate of drug-likeness (QED) is 0.854. The molecule has 0 aromatic heterocycles. The lowest BCUT2D eigenvalue weighted by atomic mass is 9.94. The first-order chi connectivity index (χ1) is 8.99. The first-order valence-corrected chi connectivity index (χ1v) is 6.63. The molecule has 0 bridgehead atoms. The molecule has 102 valence electrons. The fourth-order valence-corrected chi connectivity index (χ4v) is 2.34. The molecular weight excluding hydrogens is 242 g/mol. The van der Waals surface area contributed by atoms with Crippen LogP contribution in [0.3, 0.4) is 0 Å². The number of carboxylic acid groups (broad SMARTS) is 1. The molecule has 4 nitrogen and oxygen atoms in total. The Kier molecular flexibility index (Phi) is 3.60. The zero-order valence-corrected chi connectivity index (χ0v) is 11.3. The fourth-order valence-electron chi connectivity index (χ4n) is 2.34. The van der Waals surface area contributed by atoms with Gasteiger partial charge in [0.1, 0.15) is 5.54 Å². The first-order valence-electron chi connectivity index (χ1n) is 6.63. The Labute approximate surface area is 112 Å². The topological polar surface area (TPSA) is 66.4 Å². The van der Waals surface area contributed by atoms with Crippen LogP contribution in [-0.4, -0.2) is 22.5 Å². The van der Waals surface area contributed by atoms with Gasteiger partial charge < -0.3 is 10.4 Å². The van der Waals surface area contributed by atoms with Crippen molar-refractivity contribution in [2.24, 2.45) is 5.92 Å². The molecular formula is C15H19NO3. The molecule has 1 atom stereocenters. The fraction of sp³-hybridized carbons (Fsp3) is 0.467. The maximum atomic E-state index is 12.3. The number of hydrogen-bond donors (Lipinski definition) is 2. The van der Waals surface area contributed by atoms with E-state index in [1.165, 1.54) is 0 Å². The van der Waals surface area contributed by atoms with Crippen LogP contribution in [0.25, 0.3) is 0 Å². The standard InChI is InChI=1S/C15H19NO3/c1-3-10-6-4-5-7-12(10)13(17)16-15(2,14(18)19)11-8-9-11/h4-7,11H,3,8-9H2,1-2H3,(H,16,17)(H,18,19)/t15-/m1/s1. The van der Waals surface area contributed by atoms with Crippen molar-refractivity contribution >= 4 is 11.9 Å². The number of carbonyl (C=O) groups excluding carboxylic acids is 1. The number of benzene rings is 1. The van der Waals surface area contributed by atoms with Crippen LogP contribution in [0, 0.1) is 5.92 Å². The maximum Gasteiger partial charge on any atom is 0.329 e. The van der Waals surface area contributed by atoms with Crippen molar-refractivity contribution in [1.82, 2.24) is 5.32 Å². The van der Waals surface area contributed by atoms with Crippen molar-refractivity contribution in [3.05, 3.63) is 35.4 Å². The number of carbonyl (C=O) groups is 2. The lowest BCUT2D eigenvalue weighted by molar-refractivity contribution is -0.144. The Morgan fingerprint density at radius 2 is 2.00 bits per heavy atom. The molecule has 0 spiro atoms. The lowest BCUT2D eigenvalue weighted by Gasteiger charge is -2.26. The Morgan fingerprint density at radius 3 is 2.53 bits per heavy atom. The van der Waals surface area contributed by atoms with E-state index >= 15 is 0 Å². The average molecular weight is 261 g/mol. The van der Waals surface area contributed by atoms with E-state index in [4.69, 9.17) is 0 Å². The molecule has 1 amide bonds. The van der Waals surface area contributed by atoms with Gasteiger partial charge in [0.25, 0.3) is 5.91 Å². The highest BCUT2D eigenvalue weighted by molar-refractivity contribution is 5.99. The van der Waals surface area contributed by atoms with E-state index in [0.717, 1.165) is 24.8 Å². The zero-order valence-electron chi connectivity index (χ0n) is 11.3. The van der Waals surface area contributed by atoms with Gasteiger partial charge in [0.05, 0.1) is 0 Å². The molecule has 1 saturated carbocycles. The highest BCUT2D eigenvalue weighted by Crippen LogP contribution is 2.39. The molecule has 2 rings (SSSR count). The molecule has 1 aliphatic rings. The number of aliphatic carboxylic acids is 1. The Hall–Kier alpha value is -1.84. The minimum Gasteiger partial charge on any atom is -0.480 e. The van der Waals surface area contributed by atoms with Crippen LogP contribution in [0.4, 0.5) is 0 Å². The predicted molar refractivity (Wildman–Crippen MR) is 72.1 cm³/mol. The van der Waals surface area contributed by atoms with Crippen LogP contribution in [0.5, 0.6) is 0 Å². The van der Waals surface area contributed by atoms with E-state index in [2.05, 4.69) is 5.32 Å². The second-order valence-corrected chi connectivity index (χ2v) is 5.25. The van der Waals surface area contributed by atoms with Crippen LogP contribution in [0.15, 0.2) is 24.3 Å². The summed E-state index contributed by atoms with van der Waals surface area (Å²) in [5.41, 5.74) is 0.347. The van der Waals surface area contributed by atoms with Gasteiger partial charge in [-0.05, 0) is 43.7 Å². The molecule has 0 unspecified atom stereocenters. The second-order valence-electron chi connectivity index (χ2n) is 5.25. The Bertz CT molecular complexity index is 508. The van der Waals surface area contributed by atoms with Gasteiger partial charge in [-0.2, -0.15) is 0 Å². The average Bonchev–Trinajstić information content (AvgIpc) is 3.22. The van der Waals surface area contributed by atoms with Crippen LogP contribution in [0.2, 0.25) is 0 Å². The van der Waals surface area contributed by atoms with Gasteiger partial charge >= 0.3 is 5.97 Å². The van der Waals surface area contributed by atoms with Crippen molar-refractivity contribution in [3.63, 3.8) is 0 Å². The summed E-state index contributed by atoms with van der Waals surface area (Å²) in [6.07, 6.45) is 2.47. The molecule has 4 heteroatoms. The van der Waals surface area contributed by atoms with Gasteiger partial charge in [-0.15, -0.1) is 0 Å². The van der Waals surface area contributed by atoms with E-state index in [0.29, 0.717) is 5.56 Å². The minimum atomic E-state index is -1.15. The third kappa shape index (κ3) is 2.62. The van der Waals surface area contributed by atoms with Gasteiger partial charge in [-0.25, -0.2) is 4.79 Å². The molecule has 19 heavy (non-hydrogen) atoms. The normalized spacial score (nSPS) is 17.6. The van der Waals surface area contributed by atoms with Gasteiger partial charge in [-0.1, -0.05) is 25.1 Å². The number of rotatable bonds is 5. The zero-order chi connectivity index (χ0) is 14.0.